The van der Waals surface area contributed by atoms with E-state index in [1.165, 1.54) is 0 Å². The first kappa shape index (κ1) is 12.6. The molecule has 1 saturated heterocycles. The second kappa shape index (κ2) is 4.94. The molecule has 1 N–H and O–H groups in total. The standard InChI is InChI=1S/C15H19NO3/c1-16-12-6-4-11(9-10(12)5-7-14(16)17)15(18)13-3-2-8-19-13/h4,6,9,13,15,18H,2-3,5,7-8H2,1H3. The van der Waals surface area contributed by atoms with Gasteiger partial charge in [-0.25, -0.2) is 0 Å². The maximum absolute atomic E-state index is 11.6. The second-order valence-electron chi connectivity index (χ2n) is 5.34. The van der Waals surface area contributed by atoms with E-state index in [-0.39, 0.29) is 12.0 Å². The van der Waals surface area contributed by atoms with Gasteiger partial charge in [-0.3, -0.25) is 4.79 Å². The number of amides is 1. The number of fused-ring (bicyclic) bond motifs is 1. The molecule has 0 spiro atoms. The van der Waals surface area contributed by atoms with Gasteiger partial charge in [0.2, 0.25) is 5.91 Å². The molecular formula is C15H19NO3. The number of hydrogen-bond acceptors (Lipinski definition) is 3. The minimum absolute atomic E-state index is 0.0824. The van der Waals surface area contributed by atoms with Gasteiger partial charge < -0.3 is 14.7 Å². The van der Waals surface area contributed by atoms with E-state index in [9.17, 15) is 9.90 Å². The second-order valence-corrected chi connectivity index (χ2v) is 5.34. The van der Waals surface area contributed by atoms with Crippen molar-refractivity contribution in [3.63, 3.8) is 0 Å². The SMILES string of the molecule is CN1C(=O)CCc2cc(C(O)C3CCCO3)ccc21. The molecule has 1 amide bonds. The first-order valence-electron chi connectivity index (χ1n) is 6.86. The maximum atomic E-state index is 11.6. The summed E-state index contributed by atoms with van der Waals surface area (Å²) >= 11 is 0. The van der Waals surface area contributed by atoms with Gasteiger partial charge in [0.15, 0.2) is 0 Å². The number of carbonyl (C=O) groups excluding carboxylic acids is 1. The molecule has 1 aromatic rings. The number of aliphatic hydroxyl groups excluding tert-OH is 1. The lowest BCUT2D eigenvalue weighted by molar-refractivity contribution is -0.118. The number of anilines is 1. The molecule has 3 rings (SSSR count). The molecule has 0 saturated carbocycles. The van der Waals surface area contributed by atoms with Crippen LogP contribution in [0, 0.1) is 0 Å². The minimum Gasteiger partial charge on any atom is -0.386 e. The van der Waals surface area contributed by atoms with Crippen LogP contribution in [-0.4, -0.2) is 30.8 Å². The number of hydrogen-bond donors (Lipinski definition) is 1. The van der Waals surface area contributed by atoms with Crippen LogP contribution in [-0.2, 0) is 16.0 Å². The van der Waals surface area contributed by atoms with Gasteiger partial charge in [-0.1, -0.05) is 12.1 Å². The third-order valence-corrected chi connectivity index (χ3v) is 4.11. The zero-order valence-electron chi connectivity index (χ0n) is 11.1. The highest BCUT2D eigenvalue weighted by molar-refractivity contribution is 5.95. The Labute approximate surface area is 113 Å². The van der Waals surface area contributed by atoms with Gasteiger partial charge in [-0.15, -0.1) is 0 Å². The van der Waals surface area contributed by atoms with Crippen LogP contribution >= 0.6 is 0 Å². The largest absolute Gasteiger partial charge is 0.386 e. The first-order chi connectivity index (χ1) is 9.16. The van der Waals surface area contributed by atoms with Crippen LogP contribution in [0.2, 0.25) is 0 Å². The van der Waals surface area contributed by atoms with Gasteiger partial charge in [0.05, 0.1) is 6.10 Å². The van der Waals surface area contributed by atoms with Crippen LogP contribution in [0.25, 0.3) is 0 Å². The van der Waals surface area contributed by atoms with Gasteiger partial charge in [-0.2, -0.15) is 0 Å². The monoisotopic (exact) mass is 261 g/mol. The van der Waals surface area contributed by atoms with Crippen molar-refractivity contribution >= 4 is 11.6 Å². The Morgan fingerprint density at radius 3 is 3.00 bits per heavy atom. The lowest BCUT2D eigenvalue weighted by atomic mass is 9.95. The molecule has 4 nitrogen and oxygen atoms in total. The van der Waals surface area contributed by atoms with Gasteiger partial charge in [-0.05, 0) is 36.5 Å². The highest BCUT2D eigenvalue weighted by Gasteiger charge is 2.27. The van der Waals surface area contributed by atoms with Crippen molar-refractivity contribution in [3.05, 3.63) is 29.3 Å². The van der Waals surface area contributed by atoms with E-state index < -0.39 is 6.10 Å². The van der Waals surface area contributed by atoms with Crippen LogP contribution in [0.5, 0.6) is 0 Å². The van der Waals surface area contributed by atoms with Crippen molar-refractivity contribution in [2.75, 3.05) is 18.6 Å². The van der Waals surface area contributed by atoms with Gasteiger partial charge >= 0.3 is 0 Å². The topological polar surface area (TPSA) is 49.8 Å². The molecule has 2 atom stereocenters. The van der Waals surface area contributed by atoms with E-state index in [0.29, 0.717) is 6.42 Å². The van der Waals surface area contributed by atoms with Gasteiger partial charge in [0.1, 0.15) is 6.10 Å². The predicted molar refractivity (Wildman–Crippen MR) is 72.1 cm³/mol. The summed E-state index contributed by atoms with van der Waals surface area (Å²) in [5, 5.41) is 10.3. The average Bonchev–Trinajstić information content (AvgIpc) is 2.96. The Kier molecular flexibility index (Phi) is 3.29. The Balaban J connectivity index is 1.87. The zero-order chi connectivity index (χ0) is 13.4. The third-order valence-electron chi connectivity index (χ3n) is 4.11. The van der Waals surface area contributed by atoms with Gasteiger partial charge in [0, 0.05) is 25.8 Å². The quantitative estimate of drug-likeness (QED) is 0.883. The molecular weight excluding hydrogens is 242 g/mol. The number of nitrogens with zero attached hydrogens (tertiary/aromatic N) is 1. The van der Waals surface area contributed by atoms with Crippen molar-refractivity contribution in [1.82, 2.24) is 0 Å². The average molecular weight is 261 g/mol. The number of aliphatic hydroxyl groups is 1. The Bertz CT molecular complexity index is 494. The van der Waals surface area contributed by atoms with E-state index in [1.807, 2.05) is 18.2 Å². The van der Waals surface area contributed by atoms with Crippen molar-refractivity contribution in [2.45, 2.75) is 37.9 Å². The Morgan fingerprint density at radius 2 is 2.26 bits per heavy atom. The highest BCUT2D eigenvalue weighted by atomic mass is 16.5. The molecule has 2 heterocycles. The van der Waals surface area contributed by atoms with E-state index in [4.69, 9.17) is 4.74 Å². The molecule has 0 bridgehead atoms. The lowest BCUT2D eigenvalue weighted by Gasteiger charge is -2.27. The molecule has 4 heteroatoms. The predicted octanol–water partition coefficient (Wildman–Crippen LogP) is 1.81. The lowest BCUT2D eigenvalue weighted by Crippen LogP contribution is -2.31. The van der Waals surface area contributed by atoms with Crippen molar-refractivity contribution in [1.29, 1.82) is 0 Å². The van der Waals surface area contributed by atoms with Crippen LogP contribution in [0.3, 0.4) is 0 Å². The van der Waals surface area contributed by atoms with E-state index >= 15 is 0 Å². The summed E-state index contributed by atoms with van der Waals surface area (Å²) in [6, 6.07) is 5.85. The summed E-state index contributed by atoms with van der Waals surface area (Å²) < 4.78 is 5.54. The summed E-state index contributed by atoms with van der Waals surface area (Å²) in [6.07, 6.45) is 2.59. The van der Waals surface area contributed by atoms with Crippen LogP contribution in [0.4, 0.5) is 5.69 Å². The van der Waals surface area contributed by atoms with E-state index in [0.717, 1.165) is 42.7 Å². The zero-order valence-corrected chi connectivity index (χ0v) is 11.1. The number of benzene rings is 1. The summed E-state index contributed by atoms with van der Waals surface area (Å²) in [6.45, 7) is 0.740. The molecule has 0 aliphatic carbocycles. The molecule has 0 radical (unpaired) electrons. The molecule has 2 unspecified atom stereocenters. The van der Waals surface area contributed by atoms with E-state index in [2.05, 4.69) is 0 Å². The number of aryl methyl sites for hydroxylation is 1. The molecule has 1 aromatic carbocycles. The number of carbonyl (C=O) groups is 1. The van der Waals surface area contributed by atoms with E-state index in [1.54, 1.807) is 11.9 Å². The van der Waals surface area contributed by atoms with Crippen molar-refractivity contribution in [3.8, 4) is 0 Å². The summed E-state index contributed by atoms with van der Waals surface area (Å²) in [4.78, 5) is 13.3. The van der Waals surface area contributed by atoms with Gasteiger partial charge in [0.25, 0.3) is 0 Å². The third kappa shape index (κ3) is 2.26. The number of ether oxygens (including phenoxy) is 1. The highest BCUT2D eigenvalue weighted by Crippen LogP contribution is 2.32. The maximum Gasteiger partial charge on any atom is 0.227 e. The fourth-order valence-corrected chi connectivity index (χ4v) is 2.93. The Hall–Kier alpha value is -1.39. The summed E-state index contributed by atoms with van der Waals surface area (Å²) in [5.74, 6) is 0.153. The first-order valence-corrected chi connectivity index (χ1v) is 6.86. The minimum atomic E-state index is -0.560. The molecule has 102 valence electrons. The van der Waals surface area contributed by atoms with Crippen molar-refractivity contribution in [2.24, 2.45) is 0 Å². The number of rotatable bonds is 2. The van der Waals surface area contributed by atoms with Crippen molar-refractivity contribution < 1.29 is 14.6 Å². The van der Waals surface area contributed by atoms with Crippen LogP contribution in [0.15, 0.2) is 18.2 Å². The molecule has 2 aliphatic rings. The Morgan fingerprint density at radius 1 is 1.42 bits per heavy atom. The normalized spacial score (nSPS) is 24.4. The van der Waals surface area contributed by atoms with Crippen LogP contribution < -0.4 is 4.90 Å². The summed E-state index contributed by atoms with van der Waals surface area (Å²) in [7, 11) is 1.80. The smallest absolute Gasteiger partial charge is 0.227 e. The fraction of sp³-hybridized carbons (Fsp3) is 0.533. The fourth-order valence-electron chi connectivity index (χ4n) is 2.93. The summed E-state index contributed by atoms with van der Waals surface area (Å²) in [5.41, 5.74) is 2.99. The molecule has 1 fully saturated rings. The molecule has 0 aromatic heterocycles. The molecule has 2 aliphatic heterocycles. The molecule has 19 heavy (non-hydrogen) atoms. The van der Waals surface area contributed by atoms with Crippen LogP contribution in [0.1, 0.15) is 36.5 Å².